The summed E-state index contributed by atoms with van der Waals surface area (Å²) in [6.45, 7) is 3.55. The summed E-state index contributed by atoms with van der Waals surface area (Å²) in [5.41, 5.74) is 0. The molecule has 1 aromatic rings. The number of rotatable bonds is 7. The third-order valence-corrected chi connectivity index (χ3v) is 4.15. The van der Waals surface area contributed by atoms with Crippen molar-refractivity contribution in [2.45, 2.75) is 51.5 Å². The predicted molar refractivity (Wildman–Crippen MR) is 89.1 cm³/mol. The molecule has 0 saturated heterocycles. The highest BCUT2D eigenvalue weighted by atomic mass is 16.1. The van der Waals surface area contributed by atoms with E-state index in [2.05, 4.69) is 27.5 Å². The van der Waals surface area contributed by atoms with Gasteiger partial charge in [-0.05, 0) is 19.8 Å². The van der Waals surface area contributed by atoms with Crippen LogP contribution in [0.4, 0.5) is 11.6 Å². The van der Waals surface area contributed by atoms with Gasteiger partial charge in [0.2, 0.25) is 5.91 Å². The van der Waals surface area contributed by atoms with E-state index in [0.29, 0.717) is 19.0 Å². The summed E-state index contributed by atoms with van der Waals surface area (Å²) in [7, 11) is 1.99. The van der Waals surface area contributed by atoms with Crippen molar-refractivity contribution >= 4 is 17.5 Å². The molecular weight excluding hydrogens is 278 g/mol. The number of hydrogen-bond donors (Lipinski definition) is 2. The first kappa shape index (κ1) is 16.5. The standard InChI is InChI=1S/C16H27N5O/c1-3-21(2)15-11-14(18-12-19-15)17-10-9-16(22)20-13-7-5-4-6-8-13/h11-13H,3-10H2,1-2H3,(H,20,22)(H,17,18,19). The van der Waals surface area contributed by atoms with Gasteiger partial charge in [-0.1, -0.05) is 19.3 Å². The van der Waals surface area contributed by atoms with Gasteiger partial charge in [-0.3, -0.25) is 4.79 Å². The van der Waals surface area contributed by atoms with Crippen molar-refractivity contribution in [3.63, 3.8) is 0 Å². The van der Waals surface area contributed by atoms with E-state index in [9.17, 15) is 4.79 Å². The molecular formula is C16H27N5O. The number of hydrogen-bond acceptors (Lipinski definition) is 5. The van der Waals surface area contributed by atoms with Crippen LogP contribution in [0.5, 0.6) is 0 Å². The largest absolute Gasteiger partial charge is 0.369 e. The maximum atomic E-state index is 11.9. The zero-order valence-corrected chi connectivity index (χ0v) is 13.6. The second-order valence-electron chi connectivity index (χ2n) is 5.85. The lowest BCUT2D eigenvalue weighted by atomic mass is 9.95. The molecule has 1 saturated carbocycles. The number of anilines is 2. The summed E-state index contributed by atoms with van der Waals surface area (Å²) in [5, 5.41) is 6.32. The average molecular weight is 305 g/mol. The van der Waals surface area contributed by atoms with Gasteiger partial charge in [-0.15, -0.1) is 0 Å². The highest BCUT2D eigenvalue weighted by Gasteiger charge is 2.15. The van der Waals surface area contributed by atoms with E-state index in [1.807, 2.05) is 18.0 Å². The van der Waals surface area contributed by atoms with Crippen molar-refractivity contribution in [3.8, 4) is 0 Å². The fourth-order valence-corrected chi connectivity index (χ4v) is 2.67. The molecule has 2 rings (SSSR count). The van der Waals surface area contributed by atoms with E-state index in [0.717, 1.165) is 31.0 Å². The van der Waals surface area contributed by atoms with Crippen LogP contribution in [0.15, 0.2) is 12.4 Å². The van der Waals surface area contributed by atoms with E-state index < -0.39 is 0 Å². The Morgan fingerprint density at radius 2 is 2.09 bits per heavy atom. The van der Waals surface area contributed by atoms with E-state index >= 15 is 0 Å². The number of nitrogens with one attached hydrogen (secondary N) is 2. The monoisotopic (exact) mass is 305 g/mol. The molecule has 6 nitrogen and oxygen atoms in total. The van der Waals surface area contributed by atoms with Crippen LogP contribution in [-0.4, -0.2) is 42.1 Å². The molecule has 0 atom stereocenters. The maximum absolute atomic E-state index is 11.9. The van der Waals surface area contributed by atoms with Gasteiger partial charge in [0.25, 0.3) is 0 Å². The van der Waals surface area contributed by atoms with Crippen LogP contribution < -0.4 is 15.5 Å². The number of nitrogens with zero attached hydrogens (tertiary/aromatic N) is 3. The molecule has 1 aliphatic carbocycles. The minimum atomic E-state index is 0.124. The van der Waals surface area contributed by atoms with Crippen LogP contribution in [0.2, 0.25) is 0 Å². The predicted octanol–water partition coefficient (Wildman–Crippen LogP) is 2.18. The Morgan fingerprint density at radius 3 is 2.82 bits per heavy atom. The smallest absolute Gasteiger partial charge is 0.221 e. The molecule has 0 aromatic carbocycles. The number of carbonyl (C=O) groups is 1. The second kappa shape index (κ2) is 8.56. The molecule has 1 fully saturated rings. The fraction of sp³-hybridized carbons (Fsp3) is 0.688. The Balaban J connectivity index is 1.72. The Bertz CT molecular complexity index is 473. The van der Waals surface area contributed by atoms with E-state index in [1.54, 1.807) is 6.33 Å². The van der Waals surface area contributed by atoms with Crippen molar-refractivity contribution < 1.29 is 4.79 Å². The minimum Gasteiger partial charge on any atom is -0.369 e. The Labute approximate surface area is 132 Å². The van der Waals surface area contributed by atoms with Crippen LogP contribution in [0.1, 0.15) is 45.4 Å². The van der Waals surface area contributed by atoms with Crippen LogP contribution >= 0.6 is 0 Å². The van der Waals surface area contributed by atoms with Crippen molar-refractivity contribution in [3.05, 3.63) is 12.4 Å². The van der Waals surface area contributed by atoms with Crippen LogP contribution in [-0.2, 0) is 4.79 Å². The lowest BCUT2D eigenvalue weighted by molar-refractivity contribution is -0.121. The van der Waals surface area contributed by atoms with Gasteiger partial charge in [-0.25, -0.2) is 9.97 Å². The van der Waals surface area contributed by atoms with Gasteiger partial charge >= 0.3 is 0 Å². The molecule has 1 aromatic heterocycles. The topological polar surface area (TPSA) is 70.2 Å². The average Bonchev–Trinajstić information content (AvgIpc) is 2.55. The molecule has 0 bridgehead atoms. The first-order valence-electron chi connectivity index (χ1n) is 8.25. The zero-order chi connectivity index (χ0) is 15.8. The molecule has 1 amide bonds. The summed E-state index contributed by atoms with van der Waals surface area (Å²) in [5.74, 6) is 1.77. The summed E-state index contributed by atoms with van der Waals surface area (Å²) in [6.07, 6.45) is 8.03. The molecule has 1 heterocycles. The molecule has 22 heavy (non-hydrogen) atoms. The third kappa shape index (κ3) is 5.16. The van der Waals surface area contributed by atoms with Gasteiger partial charge in [0, 0.05) is 38.7 Å². The Morgan fingerprint density at radius 1 is 1.32 bits per heavy atom. The molecule has 1 aliphatic rings. The molecule has 0 unspecified atom stereocenters. The lowest BCUT2D eigenvalue weighted by Gasteiger charge is -2.22. The van der Waals surface area contributed by atoms with Crippen molar-refractivity contribution in [1.82, 2.24) is 15.3 Å². The zero-order valence-electron chi connectivity index (χ0n) is 13.6. The van der Waals surface area contributed by atoms with Crippen molar-refractivity contribution in [2.75, 3.05) is 30.4 Å². The van der Waals surface area contributed by atoms with Gasteiger partial charge in [-0.2, -0.15) is 0 Å². The van der Waals surface area contributed by atoms with Gasteiger partial charge in [0.1, 0.15) is 18.0 Å². The number of aromatic nitrogens is 2. The SMILES string of the molecule is CCN(C)c1cc(NCCC(=O)NC2CCCCC2)ncn1. The highest BCUT2D eigenvalue weighted by Crippen LogP contribution is 2.17. The van der Waals surface area contributed by atoms with Crippen LogP contribution in [0, 0.1) is 0 Å². The number of amides is 1. The third-order valence-electron chi connectivity index (χ3n) is 4.15. The quantitative estimate of drug-likeness (QED) is 0.808. The summed E-state index contributed by atoms with van der Waals surface area (Å²) < 4.78 is 0. The van der Waals surface area contributed by atoms with Gasteiger partial charge in [0.15, 0.2) is 0 Å². The van der Waals surface area contributed by atoms with E-state index in [4.69, 9.17) is 0 Å². The molecule has 0 radical (unpaired) electrons. The Kier molecular flexibility index (Phi) is 6.43. The van der Waals surface area contributed by atoms with E-state index in [-0.39, 0.29) is 5.91 Å². The maximum Gasteiger partial charge on any atom is 0.221 e. The first-order valence-corrected chi connectivity index (χ1v) is 8.25. The van der Waals surface area contributed by atoms with Crippen molar-refractivity contribution in [2.24, 2.45) is 0 Å². The summed E-state index contributed by atoms with van der Waals surface area (Å²) in [4.78, 5) is 22.4. The first-order chi connectivity index (χ1) is 10.7. The molecule has 2 N–H and O–H groups in total. The van der Waals surface area contributed by atoms with Gasteiger partial charge in [0.05, 0.1) is 0 Å². The molecule has 0 spiro atoms. The minimum absolute atomic E-state index is 0.124. The summed E-state index contributed by atoms with van der Waals surface area (Å²) in [6, 6.07) is 2.29. The Hall–Kier alpha value is -1.85. The van der Waals surface area contributed by atoms with Crippen molar-refractivity contribution in [1.29, 1.82) is 0 Å². The van der Waals surface area contributed by atoms with Gasteiger partial charge < -0.3 is 15.5 Å². The van der Waals surface area contributed by atoms with E-state index in [1.165, 1.54) is 19.3 Å². The molecule has 6 heteroatoms. The second-order valence-corrected chi connectivity index (χ2v) is 5.85. The van der Waals surface area contributed by atoms with Crippen LogP contribution in [0.3, 0.4) is 0 Å². The highest BCUT2D eigenvalue weighted by molar-refractivity contribution is 5.76. The van der Waals surface area contributed by atoms with Crippen LogP contribution in [0.25, 0.3) is 0 Å². The molecule has 122 valence electrons. The fourth-order valence-electron chi connectivity index (χ4n) is 2.67. The normalized spacial score (nSPS) is 15.4. The number of carbonyl (C=O) groups excluding carboxylic acids is 1. The molecule has 0 aliphatic heterocycles. The summed E-state index contributed by atoms with van der Waals surface area (Å²) >= 11 is 0. The lowest BCUT2D eigenvalue weighted by Crippen LogP contribution is -2.36.